The lowest BCUT2D eigenvalue weighted by Gasteiger charge is -2.04. The van der Waals surface area contributed by atoms with E-state index in [4.69, 9.17) is 23.2 Å². The highest BCUT2D eigenvalue weighted by Crippen LogP contribution is 2.54. The predicted molar refractivity (Wildman–Crippen MR) is 71.0 cm³/mol. The first-order valence-corrected chi connectivity index (χ1v) is 7.44. The quantitative estimate of drug-likeness (QED) is 0.648. The Hall–Kier alpha value is -0.130. The van der Waals surface area contributed by atoms with Crippen LogP contribution < -0.4 is 5.69 Å². The molecule has 17 heavy (non-hydrogen) atoms. The van der Waals surface area contributed by atoms with Crippen LogP contribution >= 0.6 is 35.0 Å². The van der Waals surface area contributed by atoms with Gasteiger partial charge in [-0.05, 0) is 12.8 Å². The molecule has 1 N–H and O–H groups in total. The minimum atomic E-state index is -0.558. The highest BCUT2D eigenvalue weighted by atomic mass is 35.5. The molecule has 1 heterocycles. The predicted octanol–water partition coefficient (Wildman–Crippen LogP) is 2.66. The highest BCUT2D eigenvalue weighted by molar-refractivity contribution is 7.99. The summed E-state index contributed by atoms with van der Waals surface area (Å²) in [5.74, 6) is 1.12. The van der Waals surface area contributed by atoms with Crippen molar-refractivity contribution >= 4 is 35.0 Å². The molecule has 0 amide bonds. The van der Waals surface area contributed by atoms with Gasteiger partial charge in [0.05, 0.1) is 0 Å². The maximum Gasteiger partial charge on any atom is 0.343 e. The Labute approximate surface area is 114 Å². The van der Waals surface area contributed by atoms with Crippen LogP contribution in [0.4, 0.5) is 0 Å². The molecule has 1 aliphatic carbocycles. The number of alkyl halides is 2. The minimum Gasteiger partial charge on any atom is -0.270 e. The summed E-state index contributed by atoms with van der Waals surface area (Å²) < 4.78 is 1.12. The van der Waals surface area contributed by atoms with Gasteiger partial charge < -0.3 is 0 Å². The molecular formula is C10H15Cl2N3OS. The number of thioether (sulfide) groups is 1. The number of hydrogen-bond acceptors (Lipinski definition) is 3. The molecule has 0 saturated heterocycles. The van der Waals surface area contributed by atoms with E-state index in [0.717, 1.165) is 30.2 Å². The molecule has 1 atom stereocenters. The maximum atomic E-state index is 11.5. The number of nitrogens with one attached hydrogen (secondary N) is 1. The molecule has 96 valence electrons. The van der Waals surface area contributed by atoms with Gasteiger partial charge in [-0.3, -0.25) is 4.57 Å². The third kappa shape index (κ3) is 3.20. The summed E-state index contributed by atoms with van der Waals surface area (Å²) in [4.78, 5) is 11.5. The second-order valence-corrected chi connectivity index (χ2v) is 6.82. The topological polar surface area (TPSA) is 50.7 Å². The zero-order valence-corrected chi connectivity index (χ0v) is 11.9. The van der Waals surface area contributed by atoms with Crippen molar-refractivity contribution in [1.82, 2.24) is 14.8 Å². The van der Waals surface area contributed by atoms with Gasteiger partial charge in [-0.1, -0.05) is 25.1 Å². The molecule has 1 saturated carbocycles. The Balaban J connectivity index is 1.94. The Morgan fingerprint density at radius 3 is 2.94 bits per heavy atom. The average Bonchev–Trinajstić information content (AvgIpc) is 2.74. The standard InChI is InChI=1S/C10H15Cl2N3OS/c1-2-3-4-15-8(16)13-14-9(15)17-6-7-5-10(7,11)12/h7H,2-6H2,1H3,(H,13,16). The van der Waals surface area contributed by atoms with E-state index >= 15 is 0 Å². The molecule has 1 unspecified atom stereocenters. The molecular weight excluding hydrogens is 281 g/mol. The summed E-state index contributed by atoms with van der Waals surface area (Å²) in [7, 11) is 0. The van der Waals surface area contributed by atoms with E-state index in [2.05, 4.69) is 17.1 Å². The fraction of sp³-hybridized carbons (Fsp3) is 0.800. The smallest absolute Gasteiger partial charge is 0.270 e. The van der Waals surface area contributed by atoms with E-state index < -0.39 is 4.33 Å². The van der Waals surface area contributed by atoms with Gasteiger partial charge in [-0.2, -0.15) is 0 Å². The summed E-state index contributed by atoms with van der Waals surface area (Å²) in [6.45, 7) is 2.81. The van der Waals surface area contributed by atoms with Gasteiger partial charge >= 0.3 is 5.69 Å². The largest absolute Gasteiger partial charge is 0.343 e. The summed E-state index contributed by atoms with van der Waals surface area (Å²) in [6.07, 6.45) is 2.86. The van der Waals surface area contributed by atoms with Crippen molar-refractivity contribution in [3.05, 3.63) is 10.5 Å². The third-order valence-electron chi connectivity index (χ3n) is 2.83. The van der Waals surface area contributed by atoms with Crippen LogP contribution in [0.3, 0.4) is 0 Å². The van der Waals surface area contributed by atoms with Crippen LogP contribution in [-0.4, -0.2) is 24.9 Å². The molecule has 1 aromatic rings. The second-order valence-electron chi connectivity index (χ2n) is 4.29. The van der Waals surface area contributed by atoms with E-state index in [1.54, 1.807) is 16.3 Å². The molecule has 1 aliphatic rings. The molecule has 0 aliphatic heterocycles. The molecule has 1 aromatic heterocycles. The first kappa shape index (κ1) is 13.3. The molecule has 0 bridgehead atoms. The van der Waals surface area contributed by atoms with Gasteiger partial charge in [0, 0.05) is 18.2 Å². The van der Waals surface area contributed by atoms with Crippen molar-refractivity contribution in [3.8, 4) is 0 Å². The number of H-pyrrole nitrogens is 1. The summed E-state index contributed by atoms with van der Waals surface area (Å²) in [5, 5.41) is 7.24. The van der Waals surface area contributed by atoms with Gasteiger partial charge in [-0.15, -0.1) is 28.3 Å². The van der Waals surface area contributed by atoms with Crippen molar-refractivity contribution < 1.29 is 0 Å². The summed E-state index contributed by atoms with van der Waals surface area (Å²) in [5.41, 5.74) is -0.139. The molecule has 0 radical (unpaired) electrons. The lowest BCUT2D eigenvalue weighted by molar-refractivity contribution is 0.572. The van der Waals surface area contributed by atoms with Crippen LogP contribution in [0.25, 0.3) is 0 Å². The van der Waals surface area contributed by atoms with Gasteiger partial charge in [0.15, 0.2) is 5.16 Å². The second kappa shape index (κ2) is 5.24. The fourth-order valence-corrected chi connectivity index (χ4v) is 3.46. The van der Waals surface area contributed by atoms with E-state index in [1.807, 2.05) is 0 Å². The maximum absolute atomic E-state index is 11.5. The van der Waals surface area contributed by atoms with Crippen molar-refractivity contribution in [2.75, 3.05) is 5.75 Å². The normalized spacial score (nSPS) is 21.7. The van der Waals surface area contributed by atoms with E-state index in [-0.39, 0.29) is 5.69 Å². The lowest BCUT2D eigenvalue weighted by atomic mass is 10.3. The number of aromatic nitrogens is 3. The zero-order chi connectivity index (χ0) is 12.5. The molecule has 0 spiro atoms. The fourth-order valence-electron chi connectivity index (χ4n) is 1.55. The summed E-state index contributed by atoms with van der Waals surface area (Å²) >= 11 is 13.5. The molecule has 4 nitrogen and oxygen atoms in total. The monoisotopic (exact) mass is 295 g/mol. The molecule has 2 rings (SSSR count). The number of aromatic amines is 1. The highest BCUT2D eigenvalue weighted by Gasteiger charge is 2.51. The van der Waals surface area contributed by atoms with E-state index in [9.17, 15) is 4.79 Å². The van der Waals surface area contributed by atoms with Crippen molar-refractivity contribution in [2.45, 2.75) is 42.2 Å². The van der Waals surface area contributed by atoms with Crippen LogP contribution in [0.15, 0.2) is 9.95 Å². The molecule has 7 heteroatoms. The first-order chi connectivity index (χ1) is 8.04. The Morgan fingerprint density at radius 1 is 1.65 bits per heavy atom. The zero-order valence-electron chi connectivity index (χ0n) is 9.58. The first-order valence-electron chi connectivity index (χ1n) is 5.70. The van der Waals surface area contributed by atoms with E-state index in [1.165, 1.54) is 0 Å². The van der Waals surface area contributed by atoms with Crippen LogP contribution in [-0.2, 0) is 6.54 Å². The number of halogens is 2. The SMILES string of the molecule is CCCCn1c(SCC2CC2(Cl)Cl)n[nH]c1=O. The summed E-state index contributed by atoms with van der Waals surface area (Å²) in [6, 6.07) is 0. The van der Waals surface area contributed by atoms with Crippen LogP contribution in [0.2, 0.25) is 0 Å². The average molecular weight is 296 g/mol. The lowest BCUT2D eigenvalue weighted by Crippen LogP contribution is -2.17. The van der Waals surface area contributed by atoms with Gasteiger partial charge in [-0.25, -0.2) is 9.89 Å². The van der Waals surface area contributed by atoms with Gasteiger partial charge in [0.1, 0.15) is 4.33 Å². The van der Waals surface area contributed by atoms with Gasteiger partial charge in [0.2, 0.25) is 0 Å². The number of hydrogen-bond donors (Lipinski definition) is 1. The number of unbranched alkanes of at least 4 members (excludes halogenated alkanes) is 1. The van der Waals surface area contributed by atoms with Crippen LogP contribution in [0.1, 0.15) is 26.2 Å². The van der Waals surface area contributed by atoms with E-state index in [0.29, 0.717) is 12.5 Å². The van der Waals surface area contributed by atoms with Crippen molar-refractivity contribution in [2.24, 2.45) is 5.92 Å². The molecule has 1 fully saturated rings. The third-order valence-corrected chi connectivity index (χ3v) is 4.89. The number of nitrogens with zero attached hydrogens (tertiary/aromatic N) is 2. The van der Waals surface area contributed by atoms with Gasteiger partial charge in [0.25, 0.3) is 0 Å². The number of rotatable bonds is 6. The Bertz CT molecular complexity index is 443. The Morgan fingerprint density at radius 2 is 2.35 bits per heavy atom. The minimum absolute atomic E-state index is 0.139. The van der Waals surface area contributed by atoms with Crippen molar-refractivity contribution in [3.63, 3.8) is 0 Å². The van der Waals surface area contributed by atoms with Crippen LogP contribution in [0, 0.1) is 5.92 Å². The Kier molecular flexibility index (Phi) is 4.10. The van der Waals surface area contributed by atoms with Crippen LogP contribution in [0.5, 0.6) is 0 Å². The molecule has 0 aromatic carbocycles. The van der Waals surface area contributed by atoms with Crippen molar-refractivity contribution in [1.29, 1.82) is 0 Å².